The molecule has 3 rings (SSSR count). The lowest BCUT2D eigenvalue weighted by Crippen LogP contribution is -2.46. The van der Waals surface area contributed by atoms with Crippen molar-refractivity contribution in [2.45, 2.75) is 43.6 Å². The molecule has 0 fully saturated rings. The van der Waals surface area contributed by atoms with Crippen molar-refractivity contribution in [3.63, 3.8) is 0 Å². The summed E-state index contributed by atoms with van der Waals surface area (Å²) in [6, 6.07) is 15.6. The van der Waals surface area contributed by atoms with E-state index in [1.165, 1.54) is 0 Å². The molecule has 174 valence electrons. The number of nitrogens with zero attached hydrogens (tertiary/aromatic N) is 1. The summed E-state index contributed by atoms with van der Waals surface area (Å²) >= 11 is 0. The third kappa shape index (κ3) is 5.86. The smallest absolute Gasteiger partial charge is 0.154 e. The molecule has 3 atom stereocenters. The first-order valence-electron chi connectivity index (χ1n) is 10.4. The van der Waals surface area contributed by atoms with Gasteiger partial charge in [0.25, 0.3) is 0 Å². The molecule has 2 aromatic rings. The molecule has 0 aromatic heterocycles. The first-order chi connectivity index (χ1) is 15.1. The molecule has 3 N–H and O–H groups in total. The maximum Gasteiger partial charge on any atom is 0.154 e. The number of oxime groups is 1. The molecule has 0 saturated carbocycles. The Morgan fingerprint density at radius 3 is 2.25 bits per heavy atom. The van der Waals surface area contributed by atoms with Crippen LogP contribution in [0.3, 0.4) is 0 Å². The zero-order valence-corrected chi connectivity index (χ0v) is 19.3. The van der Waals surface area contributed by atoms with E-state index in [2.05, 4.69) is 5.16 Å². The molecular formula is C23H30N2O6S. The largest absolute Gasteiger partial charge is 0.491 e. The summed E-state index contributed by atoms with van der Waals surface area (Å²) in [6.45, 7) is 3.43. The number of ether oxygens (including phenoxy) is 1. The van der Waals surface area contributed by atoms with Crippen LogP contribution >= 0.6 is 0 Å². The average molecular weight is 463 g/mol. The molecule has 2 aromatic carbocycles. The van der Waals surface area contributed by atoms with Crippen molar-refractivity contribution in [1.82, 2.24) is 5.48 Å². The van der Waals surface area contributed by atoms with E-state index in [9.17, 15) is 13.5 Å². The molecule has 9 heteroatoms. The van der Waals surface area contributed by atoms with Gasteiger partial charge in [0.15, 0.2) is 9.84 Å². The minimum absolute atomic E-state index is 0.0847. The van der Waals surface area contributed by atoms with E-state index in [1.54, 1.807) is 13.8 Å². The number of nitrogens with one attached hydrogen (secondary N) is 1. The highest BCUT2D eigenvalue weighted by atomic mass is 32.2. The van der Waals surface area contributed by atoms with E-state index in [0.29, 0.717) is 12.2 Å². The third-order valence-corrected chi connectivity index (χ3v) is 7.74. The van der Waals surface area contributed by atoms with Gasteiger partial charge in [-0.2, -0.15) is 0 Å². The monoisotopic (exact) mass is 462 g/mol. The maximum atomic E-state index is 12.2. The van der Waals surface area contributed by atoms with Gasteiger partial charge in [-0.3, -0.25) is 0 Å². The zero-order chi connectivity index (χ0) is 23.4. The fourth-order valence-electron chi connectivity index (χ4n) is 3.53. The maximum absolute atomic E-state index is 12.2. The number of benzene rings is 2. The summed E-state index contributed by atoms with van der Waals surface area (Å²) in [7, 11) is -3.42. The standard InChI is InChI=1S/C23H30N2O6S/c1-16(26)14-30-20-10-8-18(9-11-20)17-4-6-19(7-5-17)22-12-21(31-25-22)13-23(2,15-24-27)32(3,28)29/h4-11,16,21,24,26-27H,12-15H2,1-3H3/t16-,21-,23-/m1/s1. The van der Waals surface area contributed by atoms with Gasteiger partial charge in [0, 0.05) is 25.6 Å². The van der Waals surface area contributed by atoms with Crippen LogP contribution < -0.4 is 10.2 Å². The number of aliphatic hydroxyl groups is 1. The zero-order valence-electron chi connectivity index (χ0n) is 18.5. The average Bonchev–Trinajstić information content (AvgIpc) is 3.20. The molecule has 1 aliphatic heterocycles. The third-order valence-electron chi connectivity index (χ3n) is 5.64. The Hall–Kier alpha value is -2.46. The van der Waals surface area contributed by atoms with Crippen LogP contribution in [0.5, 0.6) is 5.75 Å². The number of rotatable bonds is 10. The number of hydroxylamine groups is 1. The topological polar surface area (TPSA) is 117 Å². The molecule has 0 amide bonds. The Morgan fingerprint density at radius 1 is 1.16 bits per heavy atom. The highest BCUT2D eigenvalue weighted by Crippen LogP contribution is 2.29. The number of hydrogen-bond donors (Lipinski definition) is 3. The van der Waals surface area contributed by atoms with Crippen molar-refractivity contribution in [2.24, 2.45) is 5.16 Å². The quantitative estimate of drug-likeness (QED) is 0.465. The van der Waals surface area contributed by atoms with Crippen LogP contribution in [0.15, 0.2) is 53.7 Å². The second-order valence-corrected chi connectivity index (χ2v) is 11.0. The molecule has 32 heavy (non-hydrogen) atoms. The van der Waals surface area contributed by atoms with Crippen molar-refractivity contribution in [1.29, 1.82) is 0 Å². The van der Waals surface area contributed by atoms with E-state index in [4.69, 9.17) is 14.8 Å². The SMILES string of the molecule is C[C@@H](O)COc1ccc(-c2ccc(C3=NO[C@@H](C[C@](C)(CNO)S(C)(=O)=O)C3)cc2)cc1. The minimum atomic E-state index is -3.42. The Kier molecular flexibility index (Phi) is 7.55. The van der Waals surface area contributed by atoms with Crippen molar-refractivity contribution in [3.8, 4) is 16.9 Å². The van der Waals surface area contributed by atoms with Crippen LogP contribution in [0, 0.1) is 0 Å². The summed E-state index contributed by atoms with van der Waals surface area (Å²) in [5.74, 6) is 0.701. The van der Waals surface area contributed by atoms with Gasteiger partial charge in [0.1, 0.15) is 18.5 Å². The van der Waals surface area contributed by atoms with Crippen molar-refractivity contribution >= 4 is 15.5 Å². The van der Waals surface area contributed by atoms with Crippen molar-refractivity contribution < 1.29 is 28.3 Å². The molecule has 0 aliphatic carbocycles. The summed E-state index contributed by atoms with van der Waals surface area (Å²) in [6.07, 6.45) is 0.966. The van der Waals surface area contributed by atoms with Gasteiger partial charge in [-0.05, 0) is 42.7 Å². The lowest BCUT2D eigenvalue weighted by molar-refractivity contribution is 0.0646. The summed E-state index contributed by atoms with van der Waals surface area (Å²) in [5, 5.41) is 22.5. The van der Waals surface area contributed by atoms with Gasteiger partial charge >= 0.3 is 0 Å². The molecule has 0 unspecified atom stereocenters. The van der Waals surface area contributed by atoms with E-state index in [1.807, 2.05) is 54.0 Å². The van der Waals surface area contributed by atoms with E-state index in [-0.39, 0.29) is 25.7 Å². The van der Waals surface area contributed by atoms with Crippen LogP contribution in [-0.4, -0.2) is 60.8 Å². The Labute approximate surface area is 188 Å². The fourth-order valence-corrected chi connectivity index (χ4v) is 4.34. The minimum Gasteiger partial charge on any atom is -0.491 e. The predicted octanol–water partition coefficient (Wildman–Crippen LogP) is 2.78. The first kappa shape index (κ1) is 24.2. The fraction of sp³-hybridized carbons (Fsp3) is 0.435. The molecule has 8 nitrogen and oxygen atoms in total. The molecule has 0 radical (unpaired) electrons. The Morgan fingerprint density at radius 2 is 1.72 bits per heavy atom. The molecule has 0 spiro atoms. The molecule has 0 saturated heterocycles. The van der Waals surface area contributed by atoms with Crippen LogP contribution in [0.2, 0.25) is 0 Å². The number of sulfone groups is 1. The van der Waals surface area contributed by atoms with Gasteiger partial charge in [-0.25, -0.2) is 13.9 Å². The van der Waals surface area contributed by atoms with E-state index in [0.717, 1.165) is 28.7 Å². The number of hydrogen-bond acceptors (Lipinski definition) is 8. The second-order valence-electron chi connectivity index (χ2n) is 8.49. The Balaban J connectivity index is 1.63. The van der Waals surface area contributed by atoms with E-state index < -0.39 is 20.7 Å². The van der Waals surface area contributed by atoms with Gasteiger partial charge in [-0.1, -0.05) is 41.6 Å². The second kappa shape index (κ2) is 9.99. The molecule has 1 heterocycles. The normalized spacial score (nSPS) is 19.0. The highest BCUT2D eigenvalue weighted by molar-refractivity contribution is 7.92. The number of aliphatic hydroxyl groups excluding tert-OH is 1. The highest BCUT2D eigenvalue weighted by Gasteiger charge is 2.40. The van der Waals surface area contributed by atoms with Crippen LogP contribution in [-0.2, 0) is 14.7 Å². The molecular weight excluding hydrogens is 432 g/mol. The summed E-state index contributed by atoms with van der Waals surface area (Å²) < 4.78 is 28.7. The lowest BCUT2D eigenvalue weighted by Gasteiger charge is -2.28. The Bertz CT molecular complexity index is 1040. The van der Waals surface area contributed by atoms with Gasteiger partial charge < -0.3 is 19.9 Å². The van der Waals surface area contributed by atoms with Crippen LogP contribution in [0.1, 0.15) is 32.3 Å². The summed E-state index contributed by atoms with van der Waals surface area (Å²) in [4.78, 5) is 5.51. The summed E-state index contributed by atoms with van der Waals surface area (Å²) in [5.41, 5.74) is 5.71. The molecule has 1 aliphatic rings. The predicted molar refractivity (Wildman–Crippen MR) is 123 cm³/mol. The van der Waals surface area contributed by atoms with Crippen molar-refractivity contribution in [3.05, 3.63) is 54.1 Å². The van der Waals surface area contributed by atoms with E-state index >= 15 is 0 Å². The molecule has 0 bridgehead atoms. The van der Waals surface area contributed by atoms with Crippen molar-refractivity contribution in [2.75, 3.05) is 19.4 Å². The van der Waals surface area contributed by atoms with Gasteiger partial charge in [0.05, 0.1) is 16.6 Å². The van der Waals surface area contributed by atoms with Crippen LogP contribution in [0.25, 0.3) is 11.1 Å². The van der Waals surface area contributed by atoms with Gasteiger partial charge in [-0.15, -0.1) is 0 Å². The first-order valence-corrected chi connectivity index (χ1v) is 12.3. The lowest BCUT2D eigenvalue weighted by atomic mass is 9.96. The van der Waals surface area contributed by atoms with Gasteiger partial charge in [0.2, 0.25) is 0 Å². The van der Waals surface area contributed by atoms with Crippen LogP contribution in [0.4, 0.5) is 0 Å².